The fourth-order valence-electron chi connectivity index (χ4n) is 2.60. The molecule has 1 N–H and O–H groups in total. The van der Waals surface area contributed by atoms with Crippen LogP contribution in [0.2, 0.25) is 0 Å². The minimum atomic E-state index is -0.133. The summed E-state index contributed by atoms with van der Waals surface area (Å²) in [6.45, 7) is 3.91. The molecule has 0 aliphatic rings. The van der Waals surface area contributed by atoms with Gasteiger partial charge in [-0.1, -0.05) is 12.1 Å². The second kappa shape index (κ2) is 5.93. The molecule has 2 aromatic heterocycles. The van der Waals surface area contributed by atoms with E-state index in [0.717, 1.165) is 22.6 Å². The number of hydrogen-bond acceptors (Lipinski definition) is 3. The highest BCUT2D eigenvalue weighted by molar-refractivity contribution is 5.92. The van der Waals surface area contributed by atoms with Gasteiger partial charge in [0.05, 0.1) is 29.4 Å². The number of pyridine rings is 1. The summed E-state index contributed by atoms with van der Waals surface area (Å²) in [7, 11) is 0. The average molecular weight is 304 g/mol. The zero-order valence-corrected chi connectivity index (χ0v) is 13.0. The zero-order chi connectivity index (χ0) is 16.4. The summed E-state index contributed by atoms with van der Waals surface area (Å²) < 4.78 is 1.95. The molecule has 1 aromatic carbocycles. The number of fused-ring (bicyclic) bond motifs is 1. The number of hydrogen-bond donors (Lipinski definition) is 1. The lowest BCUT2D eigenvalue weighted by molar-refractivity contribution is -0.115. The number of aromatic nitrogens is 2. The number of amides is 1. The number of nitrogens with one attached hydrogen (secondary N) is 1. The van der Waals surface area contributed by atoms with Crippen molar-refractivity contribution < 1.29 is 4.79 Å². The molecule has 114 valence electrons. The molecule has 2 heterocycles. The van der Waals surface area contributed by atoms with Crippen molar-refractivity contribution in [2.24, 2.45) is 0 Å². The molecular formula is C18H16N4O. The van der Waals surface area contributed by atoms with Gasteiger partial charge in [0.1, 0.15) is 5.65 Å². The Kier molecular flexibility index (Phi) is 3.82. The van der Waals surface area contributed by atoms with Gasteiger partial charge in [-0.3, -0.25) is 4.79 Å². The molecule has 23 heavy (non-hydrogen) atoms. The SMILES string of the molecule is Cc1nc2c(C)cccn2c1CC(=O)Nc1cccc(C#N)c1. The number of carbonyl (C=O) groups excluding carboxylic acids is 1. The molecule has 0 aliphatic carbocycles. The fraction of sp³-hybridized carbons (Fsp3) is 0.167. The van der Waals surface area contributed by atoms with E-state index >= 15 is 0 Å². The molecule has 0 saturated carbocycles. The molecule has 0 unspecified atom stereocenters. The minimum absolute atomic E-state index is 0.133. The quantitative estimate of drug-likeness (QED) is 0.808. The Hall–Kier alpha value is -3.13. The molecule has 0 radical (unpaired) electrons. The van der Waals surface area contributed by atoms with Gasteiger partial charge in [0.25, 0.3) is 0 Å². The molecule has 3 rings (SSSR count). The molecule has 0 fully saturated rings. The molecular weight excluding hydrogens is 288 g/mol. The molecule has 0 spiro atoms. The van der Waals surface area contributed by atoms with Crippen LogP contribution in [0.5, 0.6) is 0 Å². The normalized spacial score (nSPS) is 10.5. The molecule has 3 aromatic rings. The third kappa shape index (κ3) is 2.92. The number of benzene rings is 1. The number of nitriles is 1. The number of rotatable bonds is 3. The van der Waals surface area contributed by atoms with Gasteiger partial charge in [0, 0.05) is 11.9 Å². The van der Waals surface area contributed by atoms with Crippen LogP contribution in [0.15, 0.2) is 42.6 Å². The first-order chi connectivity index (χ1) is 11.1. The van der Waals surface area contributed by atoms with Gasteiger partial charge >= 0.3 is 0 Å². The molecule has 0 bridgehead atoms. The van der Waals surface area contributed by atoms with Crippen LogP contribution in [0.3, 0.4) is 0 Å². The second-order valence-electron chi connectivity index (χ2n) is 5.45. The Morgan fingerprint density at radius 3 is 2.91 bits per heavy atom. The van der Waals surface area contributed by atoms with Crippen LogP contribution in [0.25, 0.3) is 5.65 Å². The van der Waals surface area contributed by atoms with E-state index in [9.17, 15) is 4.79 Å². The predicted molar refractivity (Wildman–Crippen MR) is 88.2 cm³/mol. The van der Waals surface area contributed by atoms with E-state index in [1.54, 1.807) is 24.3 Å². The third-order valence-corrected chi connectivity index (χ3v) is 3.75. The topological polar surface area (TPSA) is 70.2 Å². The van der Waals surface area contributed by atoms with Crippen LogP contribution >= 0.6 is 0 Å². The lowest BCUT2D eigenvalue weighted by Crippen LogP contribution is -2.16. The molecule has 5 heteroatoms. The summed E-state index contributed by atoms with van der Waals surface area (Å²) in [6, 6.07) is 12.9. The summed E-state index contributed by atoms with van der Waals surface area (Å²) in [5.41, 5.74) is 4.81. The highest BCUT2D eigenvalue weighted by atomic mass is 16.1. The first kappa shape index (κ1) is 14.8. The van der Waals surface area contributed by atoms with Crippen LogP contribution in [0.4, 0.5) is 5.69 Å². The van der Waals surface area contributed by atoms with Gasteiger partial charge in [-0.2, -0.15) is 5.26 Å². The average Bonchev–Trinajstić information content (AvgIpc) is 2.85. The predicted octanol–water partition coefficient (Wildman–Crippen LogP) is 3.00. The van der Waals surface area contributed by atoms with Crippen molar-refractivity contribution >= 4 is 17.2 Å². The summed E-state index contributed by atoms with van der Waals surface area (Å²) in [5.74, 6) is -0.133. The highest BCUT2D eigenvalue weighted by Crippen LogP contribution is 2.17. The Morgan fingerprint density at radius 1 is 1.30 bits per heavy atom. The Labute approximate surface area is 134 Å². The fourth-order valence-corrected chi connectivity index (χ4v) is 2.60. The Balaban J connectivity index is 1.85. The Morgan fingerprint density at radius 2 is 2.13 bits per heavy atom. The van der Waals surface area contributed by atoms with Crippen molar-refractivity contribution in [3.8, 4) is 6.07 Å². The van der Waals surface area contributed by atoms with Crippen molar-refractivity contribution in [2.75, 3.05) is 5.32 Å². The van der Waals surface area contributed by atoms with Crippen molar-refractivity contribution in [1.82, 2.24) is 9.38 Å². The first-order valence-corrected chi connectivity index (χ1v) is 7.31. The third-order valence-electron chi connectivity index (χ3n) is 3.75. The van der Waals surface area contributed by atoms with Crippen LogP contribution in [-0.4, -0.2) is 15.3 Å². The van der Waals surface area contributed by atoms with Crippen LogP contribution in [-0.2, 0) is 11.2 Å². The van der Waals surface area contributed by atoms with Crippen molar-refractivity contribution in [2.45, 2.75) is 20.3 Å². The number of carbonyl (C=O) groups is 1. The smallest absolute Gasteiger partial charge is 0.230 e. The van der Waals surface area contributed by atoms with Gasteiger partial charge in [-0.25, -0.2) is 4.98 Å². The summed E-state index contributed by atoms with van der Waals surface area (Å²) >= 11 is 0. The van der Waals surface area contributed by atoms with Crippen LogP contribution in [0.1, 0.15) is 22.5 Å². The molecule has 0 aliphatic heterocycles. The number of aryl methyl sites for hydroxylation is 2. The van der Waals surface area contributed by atoms with Gasteiger partial charge in [-0.05, 0) is 43.7 Å². The van der Waals surface area contributed by atoms with Gasteiger partial charge < -0.3 is 9.72 Å². The van der Waals surface area contributed by atoms with Crippen LogP contribution < -0.4 is 5.32 Å². The van der Waals surface area contributed by atoms with Crippen LogP contribution in [0, 0.1) is 25.2 Å². The maximum absolute atomic E-state index is 12.3. The standard InChI is InChI=1S/C18H16N4O/c1-12-5-4-8-22-16(13(2)20-18(12)22)10-17(23)21-15-7-3-6-14(9-15)11-19/h3-9H,10H2,1-2H3,(H,21,23). The van der Waals surface area contributed by atoms with Gasteiger partial charge in [-0.15, -0.1) is 0 Å². The van der Waals surface area contributed by atoms with E-state index in [1.165, 1.54) is 0 Å². The molecule has 0 atom stereocenters. The van der Waals surface area contributed by atoms with Crippen molar-refractivity contribution in [1.29, 1.82) is 5.26 Å². The van der Waals surface area contributed by atoms with E-state index < -0.39 is 0 Å². The van der Waals surface area contributed by atoms with E-state index in [1.807, 2.05) is 36.6 Å². The summed E-state index contributed by atoms with van der Waals surface area (Å²) in [5, 5.41) is 11.7. The minimum Gasteiger partial charge on any atom is -0.326 e. The lowest BCUT2D eigenvalue weighted by atomic mass is 10.2. The second-order valence-corrected chi connectivity index (χ2v) is 5.45. The maximum Gasteiger partial charge on any atom is 0.230 e. The summed E-state index contributed by atoms with van der Waals surface area (Å²) in [4.78, 5) is 16.9. The monoisotopic (exact) mass is 304 g/mol. The largest absolute Gasteiger partial charge is 0.326 e. The first-order valence-electron chi connectivity index (χ1n) is 7.31. The van der Waals surface area contributed by atoms with Gasteiger partial charge in [0.2, 0.25) is 5.91 Å². The van der Waals surface area contributed by atoms with E-state index in [4.69, 9.17) is 5.26 Å². The lowest BCUT2D eigenvalue weighted by Gasteiger charge is -2.07. The number of anilines is 1. The number of imidazole rings is 1. The number of nitrogens with zero attached hydrogens (tertiary/aromatic N) is 3. The van der Waals surface area contributed by atoms with E-state index in [-0.39, 0.29) is 12.3 Å². The molecule has 5 nitrogen and oxygen atoms in total. The van der Waals surface area contributed by atoms with E-state index in [2.05, 4.69) is 16.4 Å². The maximum atomic E-state index is 12.3. The Bertz CT molecular complexity index is 934. The molecule has 0 saturated heterocycles. The van der Waals surface area contributed by atoms with Crippen molar-refractivity contribution in [3.05, 3.63) is 65.1 Å². The molecule has 1 amide bonds. The van der Waals surface area contributed by atoms with Crippen molar-refractivity contribution in [3.63, 3.8) is 0 Å². The van der Waals surface area contributed by atoms with E-state index in [0.29, 0.717) is 11.3 Å². The highest BCUT2D eigenvalue weighted by Gasteiger charge is 2.14. The zero-order valence-electron chi connectivity index (χ0n) is 13.0. The van der Waals surface area contributed by atoms with Gasteiger partial charge in [0.15, 0.2) is 0 Å². The summed E-state index contributed by atoms with van der Waals surface area (Å²) in [6.07, 6.45) is 2.15.